The van der Waals surface area contributed by atoms with Gasteiger partial charge in [-0.05, 0) is 37.3 Å². The van der Waals surface area contributed by atoms with Crippen molar-refractivity contribution in [3.05, 3.63) is 35.4 Å². The molecule has 0 saturated carbocycles. The predicted octanol–water partition coefficient (Wildman–Crippen LogP) is 2.81. The van der Waals surface area contributed by atoms with E-state index in [0.29, 0.717) is 30.2 Å². The molecular weight excluding hydrogens is 292 g/mol. The van der Waals surface area contributed by atoms with Gasteiger partial charge in [0.1, 0.15) is 0 Å². The lowest BCUT2D eigenvalue weighted by Gasteiger charge is -2.28. The van der Waals surface area contributed by atoms with E-state index in [1.54, 1.807) is 11.8 Å². The van der Waals surface area contributed by atoms with E-state index >= 15 is 0 Å². The largest absolute Gasteiger partial charge is 0.342 e. The number of fused-ring (bicyclic) bond motifs is 1. The van der Waals surface area contributed by atoms with Crippen molar-refractivity contribution in [3.63, 3.8) is 0 Å². The number of carbonyl (C=O) groups excluding carboxylic acids is 1. The molecule has 0 spiro atoms. The zero-order valence-corrected chi connectivity index (χ0v) is 14.6. The third-order valence-electron chi connectivity index (χ3n) is 5.27. The Hall–Kier alpha value is -1.00. The van der Waals surface area contributed by atoms with E-state index in [2.05, 4.69) is 54.3 Å². The van der Waals surface area contributed by atoms with Gasteiger partial charge in [0.15, 0.2) is 0 Å². The van der Waals surface area contributed by atoms with E-state index in [4.69, 9.17) is 0 Å². The lowest BCUT2D eigenvalue weighted by Crippen LogP contribution is -2.33. The highest BCUT2D eigenvalue weighted by molar-refractivity contribution is 7.98. The highest BCUT2D eigenvalue weighted by Gasteiger charge is 2.47. The van der Waals surface area contributed by atoms with E-state index in [0.717, 1.165) is 25.4 Å². The molecule has 0 N–H and O–H groups in total. The molecule has 1 aromatic rings. The van der Waals surface area contributed by atoms with Gasteiger partial charge in [0.25, 0.3) is 0 Å². The Labute approximate surface area is 138 Å². The number of aryl methyl sites for hydroxylation is 1. The molecule has 4 heteroatoms. The summed E-state index contributed by atoms with van der Waals surface area (Å²) in [4.78, 5) is 16.9. The Morgan fingerprint density at radius 2 is 2.05 bits per heavy atom. The first-order valence-corrected chi connectivity index (χ1v) is 9.53. The quantitative estimate of drug-likeness (QED) is 0.853. The molecule has 0 radical (unpaired) electrons. The van der Waals surface area contributed by atoms with Crippen molar-refractivity contribution in [2.24, 2.45) is 11.8 Å². The number of thioether (sulfide) groups is 1. The van der Waals surface area contributed by atoms with Crippen molar-refractivity contribution in [3.8, 4) is 0 Å². The van der Waals surface area contributed by atoms with Gasteiger partial charge in [0, 0.05) is 43.8 Å². The Balaban J connectivity index is 1.75. The number of likely N-dealkylation sites (tertiary alicyclic amines) is 2. The van der Waals surface area contributed by atoms with Crippen LogP contribution in [0.2, 0.25) is 0 Å². The van der Waals surface area contributed by atoms with Gasteiger partial charge in [0.2, 0.25) is 5.91 Å². The van der Waals surface area contributed by atoms with Crippen LogP contribution in [0, 0.1) is 18.8 Å². The maximum Gasteiger partial charge on any atom is 0.223 e. The fourth-order valence-electron chi connectivity index (χ4n) is 4.20. The number of hydrogen-bond donors (Lipinski definition) is 0. The van der Waals surface area contributed by atoms with Gasteiger partial charge in [-0.1, -0.05) is 24.3 Å². The van der Waals surface area contributed by atoms with Crippen LogP contribution in [-0.4, -0.2) is 54.4 Å². The second kappa shape index (κ2) is 6.63. The van der Waals surface area contributed by atoms with Crippen molar-refractivity contribution >= 4 is 17.7 Å². The van der Waals surface area contributed by atoms with Crippen molar-refractivity contribution in [1.82, 2.24) is 9.80 Å². The van der Waals surface area contributed by atoms with Crippen LogP contribution in [0.3, 0.4) is 0 Å². The zero-order valence-electron chi connectivity index (χ0n) is 13.8. The van der Waals surface area contributed by atoms with Crippen LogP contribution in [0.15, 0.2) is 24.3 Å². The Morgan fingerprint density at radius 1 is 1.27 bits per heavy atom. The SMILES string of the molecule is CSCCC(=O)N1C[C@@H]2CN(C)[C@H](c3ccccc3C)[C@@H]2C1. The second-order valence-corrected chi connectivity index (χ2v) is 7.69. The topological polar surface area (TPSA) is 23.6 Å². The van der Waals surface area contributed by atoms with Crippen LogP contribution in [0.1, 0.15) is 23.6 Å². The van der Waals surface area contributed by atoms with Crippen molar-refractivity contribution in [2.45, 2.75) is 19.4 Å². The number of hydrogen-bond acceptors (Lipinski definition) is 3. The maximum absolute atomic E-state index is 12.3. The highest BCUT2D eigenvalue weighted by atomic mass is 32.2. The monoisotopic (exact) mass is 318 g/mol. The van der Waals surface area contributed by atoms with Gasteiger partial charge in [-0.25, -0.2) is 0 Å². The fourth-order valence-corrected chi connectivity index (χ4v) is 4.57. The molecule has 2 heterocycles. The predicted molar refractivity (Wildman–Crippen MR) is 93.1 cm³/mol. The summed E-state index contributed by atoms with van der Waals surface area (Å²) < 4.78 is 0. The van der Waals surface area contributed by atoms with Gasteiger partial charge in [-0.15, -0.1) is 0 Å². The molecule has 1 amide bonds. The molecule has 0 bridgehead atoms. The van der Waals surface area contributed by atoms with E-state index in [1.807, 2.05) is 0 Å². The van der Waals surface area contributed by atoms with E-state index in [-0.39, 0.29) is 0 Å². The van der Waals surface area contributed by atoms with E-state index in [9.17, 15) is 4.79 Å². The van der Waals surface area contributed by atoms with Gasteiger partial charge in [-0.3, -0.25) is 9.69 Å². The maximum atomic E-state index is 12.3. The molecular formula is C18H26N2OS. The van der Waals surface area contributed by atoms with Gasteiger partial charge >= 0.3 is 0 Å². The smallest absolute Gasteiger partial charge is 0.223 e. The summed E-state index contributed by atoms with van der Waals surface area (Å²) in [6.07, 6.45) is 2.75. The Kier molecular flexibility index (Phi) is 4.79. The zero-order chi connectivity index (χ0) is 15.7. The highest BCUT2D eigenvalue weighted by Crippen LogP contribution is 2.44. The van der Waals surface area contributed by atoms with Crippen LogP contribution < -0.4 is 0 Å². The molecule has 0 aliphatic carbocycles. The first kappa shape index (κ1) is 15.9. The van der Waals surface area contributed by atoms with Crippen LogP contribution in [0.25, 0.3) is 0 Å². The molecule has 0 aromatic heterocycles. The normalized spacial score (nSPS) is 28.1. The summed E-state index contributed by atoms with van der Waals surface area (Å²) in [5.74, 6) is 2.50. The number of nitrogens with zero attached hydrogens (tertiary/aromatic N) is 2. The molecule has 2 fully saturated rings. The molecule has 1 aromatic carbocycles. The van der Waals surface area contributed by atoms with Crippen molar-refractivity contribution in [1.29, 1.82) is 0 Å². The summed E-state index contributed by atoms with van der Waals surface area (Å²) in [5.41, 5.74) is 2.81. The minimum absolute atomic E-state index is 0.343. The first-order chi connectivity index (χ1) is 10.6. The molecule has 2 saturated heterocycles. The van der Waals surface area contributed by atoms with Crippen LogP contribution in [0.5, 0.6) is 0 Å². The lowest BCUT2D eigenvalue weighted by atomic mass is 9.88. The van der Waals surface area contributed by atoms with E-state index in [1.165, 1.54) is 11.1 Å². The van der Waals surface area contributed by atoms with E-state index < -0.39 is 0 Å². The van der Waals surface area contributed by atoms with Crippen molar-refractivity contribution in [2.75, 3.05) is 38.7 Å². The number of benzene rings is 1. The van der Waals surface area contributed by atoms with Crippen LogP contribution >= 0.6 is 11.8 Å². The third kappa shape index (κ3) is 2.91. The minimum Gasteiger partial charge on any atom is -0.342 e. The minimum atomic E-state index is 0.343. The molecule has 3 rings (SSSR count). The molecule has 3 nitrogen and oxygen atoms in total. The average molecular weight is 318 g/mol. The fraction of sp³-hybridized carbons (Fsp3) is 0.611. The van der Waals surface area contributed by atoms with Gasteiger partial charge in [0.05, 0.1) is 0 Å². The van der Waals surface area contributed by atoms with Crippen LogP contribution in [0.4, 0.5) is 0 Å². The van der Waals surface area contributed by atoms with Crippen molar-refractivity contribution < 1.29 is 4.79 Å². The van der Waals surface area contributed by atoms with Crippen LogP contribution in [-0.2, 0) is 4.79 Å². The summed E-state index contributed by atoms with van der Waals surface area (Å²) in [5, 5.41) is 0. The number of rotatable bonds is 4. The summed E-state index contributed by atoms with van der Waals surface area (Å²) >= 11 is 1.75. The van der Waals surface area contributed by atoms with Gasteiger partial charge < -0.3 is 4.90 Å². The van der Waals surface area contributed by atoms with Gasteiger partial charge in [-0.2, -0.15) is 11.8 Å². The number of amides is 1. The third-order valence-corrected chi connectivity index (χ3v) is 5.89. The lowest BCUT2D eigenvalue weighted by molar-refractivity contribution is -0.130. The molecule has 2 aliphatic heterocycles. The Bertz CT molecular complexity index is 548. The second-order valence-electron chi connectivity index (χ2n) is 6.71. The first-order valence-electron chi connectivity index (χ1n) is 8.14. The standard InChI is InChI=1S/C18H26N2OS/c1-13-6-4-5-7-15(13)18-16-12-20(17(21)8-9-22-3)11-14(16)10-19(18)2/h4-7,14,16,18H,8-12H2,1-3H3/t14-,16+,18+/m0/s1. The molecule has 22 heavy (non-hydrogen) atoms. The molecule has 3 atom stereocenters. The average Bonchev–Trinajstić information content (AvgIpc) is 3.02. The Morgan fingerprint density at radius 3 is 2.77 bits per heavy atom. The molecule has 2 aliphatic rings. The summed E-state index contributed by atoms with van der Waals surface area (Å²) in [6, 6.07) is 9.17. The molecule has 120 valence electrons. The summed E-state index contributed by atoms with van der Waals surface area (Å²) in [7, 11) is 2.23. The molecule has 0 unspecified atom stereocenters. The number of carbonyl (C=O) groups is 1. The summed E-state index contributed by atoms with van der Waals surface area (Å²) in [6.45, 7) is 5.19.